The number of hydrogen-bond donors (Lipinski definition) is 2. The van der Waals surface area contributed by atoms with Gasteiger partial charge in [-0.05, 0) is 34.5 Å². The van der Waals surface area contributed by atoms with Gasteiger partial charge < -0.3 is 0 Å². The van der Waals surface area contributed by atoms with Crippen molar-refractivity contribution < 1.29 is 9.59 Å². The molecule has 3 rings (SSSR count). The molecule has 25 heavy (non-hydrogen) atoms. The maximum atomic E-state index is 12.2. The molecule has 2 amide bonds. The molecule has 0 saturated carbocycles. The van der Waals surface area contributed by atoms with Crippen LogP contribution in [-0.2, 0) is 11.2 Å². The van der Waals surface area contributed by atoms with Gasteiger partial charge in [-0.1, -0.05) is 65.7 Å². The fraction of sp³-hybridized carbons (Fsp3) is 0.0526. The third-order valence-corrected chi connectivity index (χ3v) is 4.28. The van der Waals surface area contributed by atoms with Crippen molar-refractivity contribution in [1.29, 1.82) is 0 Å². The van der Waals surface area contributed by atoms with E-state index in [4.69, 9.17) is 23.2 Å². The lowest BCUT2D eigenvalue weighted by Gasteiger charge is -2.10. The van der Waals surface area contributed by atoms with E-state index in [1.165, 1.54) is 12.1 Å². The first-order chi connectivity index (χ1) is 12.0. The molecule has 6 heteroatoms. The predicted molar refractivity (Wildman–Crippen MR) is 99.7 cm³/mol. The number of hydrazine groups is 1. The van der Waals surface area contributed by atoms with E-state index < -0.39 is 5.91 Å². The number of hydrogen-bond acceptors (Lipinski definition) is 2. The largest absolute Gasteiger partial charge is 0.273 e. The van der Waals surface area contributed by atoms with E-state index >= 15 is 0 Å². The second-order valence-electron chi connectivity index (χ2n) is 5.44. The van der Waals surface area contributed by atoms with E-state index in [1.54, 1.807) is 6.07 Å². The number of halogens is 2. The Bertz CT molecular complexity index is 952. The number of rotatable bonds is 3. The summed E-state index contributed by atoms with van der Waals surface area (Å²) in [5, 5.41) is 2.70. The van der Waals surface area contributed by atoms with Crippen LogP contribution >= 0.6 is 23.2 Å². The van der Waals surface area contributed by atoms with E-state index in [0.717, 1.165) is 16.3 Å². The second kappa shape index (κ2) is 7.55. The molecule has 0 fully saturated rings. The summed E-state index contributed by atoms with van der Waals surface area (Å²) in [4.78, 5) is 24.3. The van der Waals surface area contributed by atoms with Crippen LogP contribution in [0.3, 0.4) is 0 Å². The molecule has 0 aliphatic heterocycles. The summed E-state index contributed by atoms with van der Waals surface area (Å²) in [6.45, 7) is 0. The zero-order chi connectivity index (χ0) is 17.8. The molecule has 0 radical (unpaired) electrons. The lowest BCUT2D eigenvalue weighted by atomic mass is 10.0. The van der Waals surface area contributed by atoms with E-state index in [1.807, 2.05) is 42.5 Å². The van der Waals surface area contributed by atoms with Gasteiger partial charge >= 0.3 is 0 Å². The van der Waals surface area contributed by atoms with Crippen molar-refractivity contribution in [2.75, 3.05) is 0 Å². The van der Waals surface area contributed by atoms with Gasteiger partial charge in [-0.2, -0.15) is 0 Å². The first-order valence-corrected chi connectivity index (χ1v) is 8.31. The van der Waals surface area contributed by atoms with Crippen LogP contribution in [0.5, 0.6) is 0 Å². The Morgan fingerprint density at radius 3 is 2.48 bits per heavy atom. The third kappa shape index (κ3) is 4.10. The maximum absolute atomic E-state index is 12.2. The average molecular weight is 373 g/mol. The number of nitrogens with one attached hydrogen (secondary N) is 2. The van der Waals surface area contributed by atoms with Crippen molar-refractivity contribution in [3.8, 4) is 0 Å². The van der Waals surface area contributed by atoms with Gasteiger partial charge in [-0.15, -0.1) is 0 Å². The summed E-state index contributed by atoms with van der Waals surface area (Å²) in [5.74, 6) is -0.860. The first-order valence-electron chi connectivity index (χ1n) is 7.55. The molecule has 0 saturated heterocycles. The predicted octanol–water partition coefficient (Wildman–Crippen LogP) is 4.15. The van der Waals surface area contributed by atoms with Crippen LogP contribution in [0, 0.1) is 0 Å². The molecule has 0 aliphatic rings. The van der Waals surface area contributed by atoms with Crippen molar-refractivity contribution in [1.82, 2.24) is 10.9 Å². The van der Waals surface area contributed by atoms with E-state index in [0.29, 0.717) is 5.02 Å². The van der Waals surface area contributed by atoms with Crippen LogP contribution in [0.2, 0.25) is 10.0 Å². The maximum Gasteiger partial charge on any atom is 0.271 e. The molecule has 2 N–H and O–H groups in total. The molecule has 3 aromatic carbocycles. The summed E-state index contributed by atoms with van der Waals surface area (Å²) in [7, 11) is 0. The Morgan fingerprint density at radius 2 is 1.64 bits per heavy atom. The second-order valence-corrected chi connectivity index (χ2v) is 6.29. The van der Waals surface area contributed by atoms with Crippen LogP contribution in [0.25, 0.3) is 10.8 Å². The Kier molecular flexibility index (Phi) is 5.22. The van der Waals surface area contributed by atoms with Crippen LogP contribution in [0.4, 0.5) is 0 Å². The van der Waals surface area contributed by atoms with Gasteiger partial charge in [0.25, 0.3) is 5.91 Å². The van der Waals surface area contributed by atoms with Crippen molar-refractivity contribution >= 4 is 45.8 Å². The minimum absolute atomic E-state index is 0.144. The van der Waals surface area contributed by atoms with Gasteiger partial charge in [0.1, 0.15) is 0 Å². The fourth-order valence-electron chi connectivity index (χ4n) is 2.53. The number of carbonyl (C=O) groups is 2. The zero-order valence-corrected chi connectivity index (χ0v) is 14.6. The molecule has 126 valence electrons. The van der Waals surface area contributed by atoms with Crippen molar-refractivity contribution in [3.63, 3.8) is 0 Å². The highest BCUT2D eigenvalue weighted by Crippen LogP contribution is 2.20. The molecule has 0 atom stereocenters. The van der Waals surface area contributed by atoms with Crippen LogP contribution in [-0.4, -0.2) is 11.8 Å². The molecule has 0 unspecified atom stereocenters. The lowest BCUT2D eigenvalue weighted by Crippen LogP contribution is -2.42. The standard InChI is InChI=1S/C19H14Cl2N2O2/c20-14-8-9-17(21)16(11-14)19(25)23-22-18(24)10-13-6-3-5-12-4-1-2-7-15(12)13/h1-9,11H,10H2,(H,22,24)(H,23,25). The number of benzene rings is 3. The third-order valence-electron chi connectivity index (χ3n) is 3.72. The highest BCUT2D eigenvalue weighted by molar-refractivity contribution is 6.35. The van der Waals surface area contributed by atoms with Gasteiger partial charge in [0.2, 0.25) is 5.91 Å². The Balaban J connectivity index is 1.66. The molecule has 0 bridgehead atoms. The molecule has 4 nitrogen and oxygen atoms in total. The van der Waals surface area contributed by atoms with Crippen molar-refractivity contribution in [2.24, 2.45) is 0 Å². The summed E-state index contributed by atoms with van der Waals surface area (Å²) in [5.41, 5.74) is 5.83. The highest BCUT2D eigenvalue weighted by atomic mass is 35.5. The van der Waals surface area contributed by atoms with Gasteiger partial charge in [-0.3, -0.25) is 20.4 Å². The molecule has 0 aromatic heterocycles. The Hall–Kier alpha value is -2.56. The SMILES string of the molecule is O=C(Cc1cccc2ccccc12)NNC(=O)c1cc(Cl)ccc1Cl. The average Bonchev–Trinajstić information content (AvgIpc) is 2.62. The van der Waals surface area contributed by atoms with Gasteiger partial charge in [0.05, 0.1) is 17.0 Å². The van der Waals surface area contributed by atoms with Crippen molar-refractivity contribution in [3.05, 3.63) is 81.8 Å². The molecular weight excluding hydrogens is 359 g/mol. The Morgan fingerprint density at radius 1 is 0.880 bits per heavy atom. The molecule has 0 heterocycles. The number of amides is 2. The monoisotopic (exact) mass is 372 g/mol. The van der Waals surface area contributed by atoms with Gasteiger partial charge in [-0.25, -0.2) is 0 Å². The van der Waals surface area contributed by atoms with Crippen molar-refractivity contribution in [2.45, 2.75) is 6.42 Å². The fourth-order valence-corrected chi connectivity index (χ4v) is 2.90. The molecular formula is C19H14Cl2N2O2. The lowest BCUT2D eigenvalue weighted by molar-refractivity contribution is -0.121. The molecule has 0 aliphatic carbocycles. The molecule has 0 spiro atoms. The highest BCUT2D eigenvalue weighted by Gasteiger charge is 2.13. The summed E-state index contributed by atoms with van der Waals surface area (Å²) >= 11 is 11.8. The quantitative estimate of drug-likeness (QED) is 0.678. The zero-order valence-electron chi connectivity index (χ0n) is 13.1. The van der Waals surface area contributed by atoms with Gasteiger partial charge in [0, 0.05) is 5.02 Å². The van der Waals surface area contributed by atoms with Crippen LogP contribution in [0.15, 0.2) is 60.7 Å². The molecule has 3 aromatic rings. The van der Waals surface area contributed by atoms with Gasteiger partial charge in [0.15, 0.2) is 0 Å². The number of carbonyl (C=O) groups excluding carboxylic acids is 2. The normalized spacial score (nSPS) is 10.5. The summed E-state index contributed by atoms with van der Waals surface area (Å²) < 4.78 is 0. The summed E-state index contributed by atoms with van der Waals surface area (Å²) in [6, 6.07) is 18.1. The smallest absolute Gasteiger partial charge is 0.271 e. The van der Waals surface area contributed by atoms with Crippen LogP contribution in [0.1, 0.15) is 15.9 Å². The summed E-state index contributed by atoms with van der Waals surface area (Å²) in [6.07, 6.45) is 0.144. The van der Waals surface area contributed by atoms with E-state index in [-0.39, 0.29) is 22.9 Å². The first kappa shape index (κ1) is 17.3. The minimum atomic E-state index is -0.529. The minimum Gasteiger partial charge on any atom is -0.273 e. The Labute approximate surface area is 154 Å². The topological polar surface area (TPSA) is 58.2 Å². The van der Waals surface area contributed by atoms with E-state index in [2.05, 4.69) is 10.9 Å². The number of fused-ring (bicyclic) bond motifs is 1. The van der Waals surface area contributed by atoms with E-state index in [9.17, 15) is 9.59 Å². The van der Waals surface area contributed by atoms with Crippen LogP contribution < -0.4 is 10.9 Å².